The van der Waals surface area contributed by atoms with Crippen LogP contribution in [-0.4, -0.2) is 43.0 Å². The Morgan fingerprint density at radius 1 is 0.962 bits per heavy atom. The van der Waals surface area contributed by atoms with E-state index in [1.54, 1.807) is 0 Å². The molecule has 2 aliphatic rings. The third-order valence-electron chi connectivity index (χ3n) is 5.05. The predicted octanol–water partition coefficient (Wildman–Crippen LogP) is 3.84. The van der Waals surface area contributed by atoms with Gasteiger partial charge >= 0.3 is 0 Å². The molecule has 2 aliphatic heterocycles. The van der Waals surface area contributed by atoms with Crippen molar-refractivity contribution in [1.82, 2.24) is 4.90 Å². The first-order valence-electron chi connectivity index (χ1n) is 9.00. The summed E-state index contributed by atoms with van der Waals surface area (Å²) in [5.74, 6) is 2.08. The summed E-state index contributed by atoms with van der Waals surface area (Å²) >= 11 is 0. The molecule has 26 heavy (non-hydrogen) atoms. The number of hydrogen-bond acceptors (Lipinski definition) is 4. The van der Waals surface area contributed by atoms with E-state index < -0.39 is 0 Å². The molecule has 0 radical (unpaired) electrons. The molecule has 1 unspecified atom stereocenters. The lowest BCUT2D eigenvalue weighted by molar-refractivity contribution is 0.0462. The normalized spacial score (nSPS) is 20.2. The van der Waals surface area contributed by atoms with Crippen molar-refractivity contribution in [3.05, 3.63) is 60.2 Å². The standard InChI is InChI=1S/C21H23NO3.ClH/c23-21(16-6-2-1-3-7-16)17-10-12-22(13-11-17)14-18-15-24-19-8-4-5-9-20(19)25-18;/h1-9,17-18H,10-15H2;1H. The highest BCUT2D eigenvalue weighted by atomic mass is 35.5. The number of nitrogens with zero attached hydrogens (tertiary/aromatic N) is 1. The second-order valence-electron chi connectivity index (χ2n) is 6.80. The zero-order valence-corrected chi connectivity index (χ0v) is 15.5. The third kappa shape index (κ3) is 4.19. The molecule has 138 valence electrons. The average molecular weight is 374 g/mol. The van der Waals surface area contributed by atoms with E-state index in [1.165, 1.54) is 0 Å². The van der Waals surface area contributed by atoms with Gasteiger partial charge in [0, 0.05) is 18.0 Å². The van der Waals surface area contributed by atoms with E-state index in [2.05, 4.69) is 4.90 Å². The van der Waals surface area contributed by atoms with Gasteiger partial charge < -0.3 is 9.47 Å². The van der Waals surface area contributed by atoms with E-state index in [1.807, 2.05) is 54.6 Å². The molecular formula is C21H24ClNO3. The predicted molar refractivity (Wildman–Crippen MR) is 104 cm³/mol. The Morgan fingerprint density at radius 2 is 1.62 bits per heavy atom. The fourth-order valence-electron chi connectivity index (χ4n) is 3.66. The molecule has 4 nitrogen and oxygen atoms in total. The number of ether oxygens (including phenoxy) is 2. The van der Waals surface area contributed by atoms with Gasteiger partial charge in [0.15, 0.2) is 17.3 Å². The number of hydrogen-bond donors (Lipinski definition) is 0. The zero-order valence-electron chi connectivity index (χ0n) is 14.7. The summed E-state index contributed by atoms with van der Waals surface area (Å²) in [6, 6.07) is 17.4. The Labute approximate surface area is 160 Å². The largest absolute Gasteiger partial charge is 0.486 e. The van der Waals surface area contributed by atoms with Gasteiger partial charge in [-0.15, -0.1) is 12.4 Å². The Kier molecular flexibility index (Phi) is 6.17. The van der Waals surface area contributed by atoms with Gasteiger partial charge in [-0.05, 0) is 38.1 Å². The van der Waals surface area contributed by atoms with E-state index in [0.717, 1.165) is 49.5 Å². The Hall–Kier alpha value is -2.04. The van der Waals surface area contributed by atoms with Crippen LogP contribution in [-0.2, 0) is 0 Å². The molecule has 2 heterocycles. The number of piperidine rings is 1. The highest BCUT2D eigenvalue weighted by Gasteiger charge is 2.29. The van der Waals surface area contributed by atoms with E-state index in [9.17, 15) is 4.79 Å². The van der Waals surface area contributed by atoms with E-state index in [0.29, 0.717) is 6.61 Å². The van der Waals surface area contributed by atoms with Gasteiger partial charge in [-0.2, -0.15) is 0 Å². The minimum Gasteiger partial charge on any atom is -0.486 e. The lowest BCUT2D eigenvalue weighted by Crippen LogP contribution is -2.45. The highest BCUT2D eigenvalue weighted by molar-refractivity contribution is 5.97. The number of carbonyl (C=O) groups excluding carboxylic acids is 1. The molecular weight excluding hydrogens is 350 g/mol. The fourth-order valence-corrected chi connectivity index (χ4v) is 3.66. The van der Waals surface area contributed by atoms with Crippen LogP contribution in [0.1, 0.15) is 23.2 Å². The smallest absolute Gasteiger partial charge is 0.166 e. The summed E-state index contributed by atoms with van der Waals surface area (Å²) in [5.41, 5.74) is 0.835. The maximum atomic E-state index is 12.6. The summed E-state index contributed by atoms with van der Waals surface area (Å²) in [6.07, 6.45) is 1.88. The van der Waals surface area contributed by atoms with Crippen LogP contribution in [0.15, 0.2) is 54.6 Å². The first-order chi connectivity index (χ1) is 12.3. The van der Waals surface area contributed by atoms with Gasteiger partial charge in [-0.1, -0.05) is 42.5 Å². The molecule has 1 atom stereocenters. The molecule has 0 aromatic heterocycles. The van der Waals surface area contributed by atoms with Gasteiger partial charge in [-0.25, -0.2) is 0 Å². The van der Waals surface area contributed by atoms with Crippen molar-refractivity contribution in [2.24, 2.45) is 5.92 Å². The number of fused-ring (bicyclic) bond motifs is 1. The lowest BCUT2D eigenvalue weighted by atomic mass is 9.89. The van der Waals surface area contributed by atoms with E-state index in [-0.39, 0.29) is 30.2 Å². The SMILES string of the molecule is Cl.O=C(c1ccccc1)C1CCN(CC2COc3ccccc3O2)CC1. The maximum Gasteiger partial charge on any atom is 0.166 e. The van der Waals surface area contributed by atoms with Crippen LogP contribution >= 0.6 is 12.4 Å². The van der Waals surface area contributed by atoms with Gasteiger partial charge in [0.1, 0.15) is 12.7 Å². The molecule has 0 amide bonds. The van der Waals surface area contributed by atoms with Crippen molar-refractivity contribution < 1.29 is 14.3 Å². The highest BCUT2D eigenvalue weighted by Crippen LogP contribution is 2.31. The summed E-state index contributed by atoms with van der Waals surface area (Å²) in [4.78, 5) is 15.0. The van der Waals surface area contributed by atoms with Crippen molar-refractivity contribution in [2.75, 3.05) is 26.2 Å². The van der Waals surface area contributed by atoms with Crippen LogP contribution < -0.4 is 9.47 Å². The summed E-state index contributed by atoms with van der Waals surface area (Å²) < 4.78 is 11.8. The summed E-state index contributed by atoms with van der Waals surface area (Å²) in [7, 11) is 0. The fraction of sp³-hybridized carbons (Fsp3) is 0.381. The summed E-state index contributed by atoms with van der Waals surface area (Å²) in [5, 5.41) is 0. The molecule has 0 aliphatic carbocycles. The van der Waals surface area contributed by atoms with Crippen molar-refractivity contribution >= 4 is 18.2 Å². The molecule has 1 fully saturated rings. The van der Waals surface area contributed by atoms with Crippen LogP contribution in [0.25, 0.3) is 0 Å². The van der Waals surface area contributed by atoms with E-state index >= 15 is 0 Å². The zero-order chi connectivity index (χ0) is 17.1. The van der Waals surface area contributed by atoms with Gasteiger partial charge in [-0.3, -0.25) is 9.69 Å². The minimum atomic E-state index is 0. The van der Waals surface area contributed by atoms with Crippen LogP contribution in [0.4, 0.5) is 0 Å². The minimum absolute atomic E-state index is 0. The number of carbonyl (C=O) groups is 1. The number of ketones is 1. The first kappa shape index (κ1) is 18.7. The molecule has 0 bridgehead atoms. The van der Waals surface area contributed by atoms with Gasteiger partial charge in [0.25, 0.3) is 0 Å². The number of para-hydroxylation sites is 2. The molecule has 2 aromatic carbocycles. The number of rotatable bonds is 4. The molecule has 1 saturated heterocycles. The van der Waals surface area contributed by atoms with Crippen LogP contribution in [0.2, 0.25) is 0 Å². The molecule has 2 aromatic rings. The monoisotopic (exact) mass is 373 g/mol. The molecule has 0 N–H and O–H groups in total. The van der Waals surface area contributed by atoms with Gasteiger partial charge in [0.05, 0.1) is 0 Å². The quantitative estimate of drug-likeness (QED) is 0.763. The van der Waals surface area contributed by atoms with Crippen LogP contribution in [0.3, 0.4) is 0 Å². The number of Topliss-reactive ketones (excluding diaryl/α,β-unsaturated/α-hetero) is 1. The van der Waals surface area contributed by atoms with Crippen molar-refractivity contribution in [1.29, 1.82) is 0 Å². The average Bonchev–Trinajstić information content (AvgIpc) is 2.69. The molecule has 0 spiro atoms. The van der Waals surface area contributed by atoms with Crippen LogP contribution in [0, 0.1) is 5.92 Å². The second-order valence-corrected chi connectivity index (χ2v) is 6.80. The second kappa shape index (κ2) is 8.56. The maximum absolute atomic E-state index is 12.6. The number of halogens is 1. The summed E-state index contributed by atoms with van der Waals surface area (Å²) in [6.45, 7) is 3.30. The molecule has 4 rings (SSSR count). The van der Waals surface area contributed by atoms with Crippen molar-refractivity contribution in [3.8, 4) is 11.5 Å². The Morgan fingerprint density at radius 3 is 2.35 bits per heavy atom. The van der Waals surface area contributed by atoms with E-state index in [4.69, 9.17) is 9.47 Å². The Balaban J connectivity index is 0.00000196. The van der Waals surface area contributed by atoms with Crippen molar-refractivity contribution in [3.63, 3.8) is 0 Å². The topological polar surface area (TPSA) is 38.8 Å². The van der Waals surface area contributed by atoms with Crippen molar-refractivity contribution in [2.45, 2.75) is 18.9 Å². The Bertz CT molecular complexity index is 729. The first-order valence-corrected chi connectivity index (χ1v) is 9.00. The molecule has 5 heteroatoms. The number of benzene rings is 2. The number of likely N-dealkylation sites (tertiary alicyclic amines) is 1. The van der Waals surface area contributed by atoms with Crippen LogP contribution in [0.5, 0.6) is 11.5 Å². The lowest BCUT2D eigenvalue weighted by Gasteiger charge is -2.35. The molecule has 0 saturated carbocycles. The third-order valence-corrected chi connectivity index (χ3v) is 5.05. The van der Waals surface area contributed by atoms with Gasteiger partial charge in [0.2, 0.25) is 0 Å².